The van der Waals surface area contributed by atoms with Crippen molar-refractivity contribution >= 4 is 15.9 Å². The molecule has 0 saturated heterocycles. The fourth-order valence-electron chi connectivity index (χ4n) is 1.80. The summed E-state index contributed by atoms with van der Waals surface area (Å²) < 4.78 is 12.1. The van der Waals surface area contributed by atoms with Gasteiger partial charge in [0.25, 0.3) is 0 Å². The topological polar surface area (TPSA) is 64.7 Å². The first-order valence-corrected chi connectivity index (χ1v) is 6.34. The lowest BCUT2D eigenvalue weighted by Gasteiger charge is -2.31. The third-order valence-corrected chi connectivity index (χ3v) is 3.18. The maximum absolute atomic E-state index is 9.19. The summed E-state index contributed by atoms with van der Waals surface area (Å²) in [5.74, 6) is 0.795. The molecule has 3 N–H and O–H groups in total. The Balaban J connectivity index is 2.10. The molecule has 0 aromatic heterocycles. The molecule has 1 aliphatic rings. The first-order valence-electron chi connectivity index (χ1n) is 5.55. The van der Waals surface area contributed by atoms with Gasteiger partial charge < -0.3 is 20.3 Å². The Morgan fingerprint density at radius 1 is 1.65 bits per heavy atom. The van der Waals surface area contributed by atoms with Crippen molar-refractivity contribution in [2.45, 2.75) is 25.2 Å². The molecule has 0 fully saturated rings. The van der Waals surface area contributed by atoms with Crippen molar-refractivity contribution in [2.75, 3.05) is 13.2 Å². The predicted octanol–water partition coefficient (Wildman–Crippen LogP) is 1.61. The molecule has 1 aliphatic heterocycles. The standard InChI is InChI=1S/C12H16BrNO3/c1-7(15)5-16-11-6-17-10-4-8(13)2-3-9(10)12(11)14/h2-4,7,11-12,15H,5-6,14H2,1H3/t7-,11-,12+/m0/s1. The summed E-state index contributed by atoms with van der Waals surface area (Å²) in [5, 5.41) is 9.19. The molecule has 2 rings (SSSR count). The number of hydrogen-bond donors (Lipinski definition) is 2. The average Bonchev–Trinajstić information content (AvgIpc) is 2.27. The lowest BCUT2D eigenvalue weighted by Crippen LogP contribution is -2.39. The Bertz CT molecular complexity index is 397. The molecule has 0 aliphatic carbocycles. The highest BCUT2D eigenvalue weighted by Crippen LogP contribution is 2.34. The van der Waals surface area contributed by atoms with Crippen LogP contribution in [-0.2, 0) is 4.74 Å². The fourth-order valence-corrected chi connectivity index (χ4v) is 2.14. The highest BCUT2D eigenvalue weighted by molar-refractivity contribution is 9.10. The molecule has 0 bridgehead atoms. The molecule has 94 valence electrons. The van der Waals surface area contributed by atoms with Crippen LogP contribution in [0.2, 0.25) is 0 Å². The molecule has 0 amide bonds. The molecule has 0 radical (unpaired) electrons. The highest BCUT2D eigenvalue weighted by atomic mass is 79.9. The van der Waals surface area contributed by atoms with E-state index in [0.29, 0.717) is 6.61 Å². The summed E-state index contributed by atoms with van der Waals surface area (Å²) >= 11 is 3.39. The highest BCUT2D eigenvalue weighted by Gasteiger charge is 2.29. The van der Waals surface area contributed by atoms with E-state index >= 15 is 0 Å². The minimum absolute atomic E-state index is 0.210. The van der Waals surface area contributed by atoms with Crippen LogP contribution < -0.4 is 10.5 Å². The fraction of sp³-hybridized carbons (Fsp3) is 0.500. The largest absolute Gasteiger partial charge is 0.490 e. The number of nitrogens with two attached hydrogens (primary N) is 1. The van der Waals surface area contributed by atoms with Gasteiger partial charge in [0.2, 0.25) is 0 Å². The van der Waals surface area contributed by atoms with E-state index in [9.17, 15) is 5.11 Å². The van der Waals surface area contributed by atoms with Gasteiger partial charge in [-0.2, -0.15) is 0 Å². The van der Waals surface area contributed by atoms with E-state index in [4.69, 9.17) is 15.2 Å². The number of aliphatic hydroxyl groups excluding tert-OH is 1. The Kier molecular flexibility index (Phi) is 4.04. The first-order chi connectivity index (χ1) is 8.08. The van der Waals surface area contributed by atoms with Crippen LogP contribution >= 0.6 is 15.9 Å². The van der Waals surface area contributed by atoms with Gasteiger partial charge in [-0.25, -0.2) is 0 Å². The molecular formula is C12H16BrNO3. The molecule has 5 heteroatoms. The summed E-state index contributed by atoms with van der Waals surface area (Å²) in [5.41, 5.74) is 7.06. The smallest absolute Gasteiger partial charge is 0.125 e. The number of ether oxygens (including phenoxy) is 2. The third-order valence-electron chi connectivity index (χ3n) is 2.69. The van der Waals surface area contributed by atoms with Crippen LogP contribution in [0.4, 0.5) is 0 Å². The summed E-state index contributed by atoms with van der Waals surface area (Å²) in [4.78, 5) is 0. The van der Waals surface area contributed by atoms with Gasteiger partial charge in [-0.05, 0) is 19.1 Å². The number of rotatable bonds is 3. The summed E-state index contributed by atoms with van der Waals surface area (Å²) in [6, 6.07) is 5.55. The third kappa shape index (κ3) is 2.98. The van der Waals surface area contributed by atoms with E-state index in [-0.39, 0.29) is 18.8 Å². The molecule has 0 saturated carbocycles. The Labute approximate surface area is 109 Å². The van der Waals surface area contributed by atoms with Crippen LogP contribution in [0.1, 0.15) is 18.5 Å². The second-order valence-electron chi connectivity index (χ2n) is 4.24. The zero-order valence-corrected chi connectivity index (χ0v) is 11.2. The molecule has 3 atom stereocenters. The summed E-state index contributed by atoms with van der Waals surface area (Å²) in [6.45, 7) is 2.37. The molecule has 17 heavy (non-hydrogen) atoms. The van der Waals surface area contributed by atoms with Crippen LogP contribution in [0.25, 0.3) is 0 Å². The minimum atomic E-state index is -0.492. The maximum atomic E-state index is 9.19. The van der Waals surface area contributed by atoms with Gasteiger partial charge in [0.15, 0.2) is 0 Å². The monoisotopic (exact) mass is 301 g/mol. The molecule has 1 aromatic rings. The number of halogens is 1. The zero-order valence-electron chi connectivity index (χ0n) is 9.60. The van der Waals surface area contributed by atoms with Gasteiger partial charge in [0, 0.05) is 10.0 Å². The van der Waals surface area contributed by atoms with Crippen molar-refractivity contribution in [2.24, 2.45) is 5.73 Å². The number of fused-ring (bicyclic) bond motifs is 1. The Hall–Kier alpha value is -0.620. The predicted molar refractivity (Wildman–Crippen MR) is 68.0 cm³/mol. The Morgan fingerprint density at radius 3 is 3.12 bits per heavy atom. The van der Waals surface area contributed by atoms with E-state index in [0.717, 1.165) is 15.8 Å². The van der Waals surface area contributed by atoms with Gasteiger partial charge in [-0.3, -0.25) is 0 Å². The van der Waals surface area contributed by atoms with Crippen molar-refractivity contribution in [1.82, 2.24) is 0 Å². The lowest BCUT2D eigenvalue weighted by atomic mass is 9.99. The van der Waals surface area contributed by atoms with E-state index < -0.39 is 6.10 Å². The van der Waals surface area contributed by atoms with E-state index in [2.05, 4.69) is 15.9 Å². The molecular weight excluding hydrogens is 286 g/mol. The molecule has 1 heterocycles. The van der Waals surface area contributed by atoms with Crippen molar-refractivity contribution in [3.8, 4) is 5.75 Å². The van der Waals surface area contributed by atoms with Gasteiger partial charge in [-0.15, -0.1) is 0 Å². The maximum Gasteiger partial charge on any atom is 0.125 e. The van der Waals surface area contributed by atoms with Gasteiger partial charge >= 0.3 is 0 Å². The van der Waals surface area contributed by atoms with Crippen LogP contribution in [0, 0.1) is 0 Å². The lowest BCUT2D eigenvalue weighted by molar-refractivity contribution is -0.0409. The van der Waals surface area contributed by atoms with E-state index in [1.54, 1.807) is 6.92 Å². The average molecular weight is 302 g/mol. The molecule has 0 unspecified atom stereocenters. The van der Waals surface area contributed by atoms with Crippen molar-refractivity contribution < 1.29 is 14.6 Å². The van der Waals surface area contributed by atoms with Crippen molar-refractivity contribution in [3.05, 3.63) is 28.2 Å². The number of benzene rings is 1. The summed E-state index contributed by atoms with van der Waals surface area (Å²) in [7, 11) is 0. The van der Waals surface area contributed by atoms with Crippen LogP contribution in [0.3, 0.4) is 0 Å². The molecule has 4 nitrogen and oxygen atoms in total. The quantitative estimate of drug-likeness (QED) is 0.890. The zero-order chi connectivity index (χ0) is 12.4. The SMILES string of the molecule is C[C@H](O)CO[C@H]1COc2cc(Br)ccc2[C@H]1N. The van der Waals surface area contributed by atoms with Crippen molar-refractivity contribution in [1.29, 1.82) is 0 Å². The molecule has 0 spiro atoms. The second-order valence-corrected chi connectivity index (χ2v) is 5.16. The van der Waals surface area contributed by atoms with E-state index in [1.165, 1.54) is 0 Å². The van der Waals surface area contributed by atoms with Crippen molar-refractivity contribution in [3.63, 3.8) is 0 Å². The number of hydrogen-bond acceptors (Lipinski definition) is 4. The number of aliphatic hydroxyl groups is 1. The van der Waals surface area contributed by atoms with Crippen LogP contribution in [0.5, 0.6) is 5.75 Å². The second kappa shape index (κ2) is 5.35. The van der Waals surface area contributed by atoms with Crippen LogP contribution in [-0.4, -0.2) is 30.5 Å². The molecule has 1 aromatic carbocycles. The summed E-state index contributed by atoms with van der Waals surface area (Å²) in [6.07, 6.45) is -0.702. The van der Waals surface area contributed by atoms with Gasteiger partial charge in [0.05, 0.1) is 18.8 Å². The van der Waals surface area contributed by atoms with E-state index in [1.807, 2.05) is 18.2 Å². The Morgan fingerprint density at radius 2 is 2.41 bits per heavy atom. The minimum Gasteiger partial charge on any atom is -0.490 e. The first kappa shape index (κ1) is 12.8. The normalized spacial score (nSPS) is 24.9. The van der Waals surface area contributed by atoms with Gasteiger partial charge in [0.1, 0.15) is 18.5 Å². The van der Waals surface area contributed by atoms with Crippen LogP contribution in [0.15, 0.2) is 22.7 Å². The van der Waals surface area contributed by atoms with Gasteiger partial charge in [-0.1, -0.05) is 22.0 Å².